The molecule has 1 heterocycles. The van der Waals surface area contributed by atoms with Gasteiger partial charge in [-0.1, -0.05) is 20.8 Å². The monoisotopic (exact) mass is 184 g/mol. The van der Waals surface area contributed by atoms with E-state index in [1.54, 1.807) is 11.3 Å². The third-order valence-electron chi connectivity index (χ3n) is 1.69. The lowest BCUT2D eigenvalue weighted by Gasteiger charge is -2.16. The van der Waals surface area contributed by atoms with Gasteiger partial charge in [-0.25, -0.2) is 4.98 Å². The molecule has 0 aliphatic rings. The summed E-state index contributed by atoms with van der Waals surface area (Å²) >= 11 is 1.60. The lowest BCUT2D eigenvalue weighted by molar-refractivity contribution is 0.379. The Balaban J connectivity index is 2.44. The number of hydrogen-bond donors (Lipinski definition) is 1. The van der Waals surface area contributed by atoms with Crippen LogP contribution in [0.4, 0.5) is 5.13 Å². The molecule has 3 heteroatoms. The minimum atomic E-state index is 0.402. The van der Waals surface area contributed by atoms with Crippen LogP contribution in [0.3, 0.4) is 0 Å². The second-order valence-electron chi connectivity index (χ2n) is 4.23. The zero-order chi connectivity index (χ0) is 9.19. The van der Waals surface area contributed by atoms with Gasteiger partial charge in [0, 0.05) is 11.1 Å². The molecule has 12 heavy (non-hydrogen) atoms. The van der Waals surface area contributed by atoms with Gasteiger partial charge in [-0.3, -0.25) is 0 Å². The van der Waals surface area contributed by atoms with Crippen LogP contribution in [0.5, 0.6) is 0 Å². The predicted molar refractivity (Wildman–Crippen MR) is 54.3 cm³/mol. The van der Waals surface area contributed by atoms with E-state index in [4.69, 9.17) is 5.73 Å². The number of nitrogens with two attached hydrogens (primary N) is 1. The molecule has 1 aromatic heterocycles. The average molecular weight is 184 g/mol. The molecule has 1 rings (SSSR count). The zero-order valence-electron chi connectivity index (χ0n) is 7.92. The summed E-state index contributed by atoms with van der Waals surface area (Å²) in [5.41, 5.74) is 5.93. The SMILES string of the molecule is CC(C)(C)CCc1cnc(N)s1. The second kappa shape index (κ2) is 3.44. The highest BCUT2D eigenvalue weighted by atomic mass is 32.1. The van der Waals surface area contributed by atoms with E-state index in [0.717, 1.165) is 6.42 Å². The molecule has 0 atom stereocenters. The van der Waals surface area contributed by atoms with Gasteiger partial charge < -0.3 is 5.73 Å². The van der Waals surface area contributed by atoms with Crippen LogP contribution in [-0.2, 0) is 6.42 Å². The number of aryl methyl sites for hydroxylation is 1. The van der Waals surface area contributed by atoms with E-state index >= 15 is 0 Å². The Bertz CT molecular complexity index is 247. The van der Waals surface area contributed by atoms with Crippen molar-refractivity contribution in [3.8, 4) is 0 Å². The van der Waals surface area contributed by atoms with Gasteiger partial charge in [-0.15, -0.1) is 11.3 Å². The molecule has 0 spiro atoms. The van der Waals surface area contributed by atoms with Crippen LogP contribution in [0.25, 0.3) is 0 Å². The fourth-order valence-electron chi connectivity index (χ4n) is 0.936. The quantitative estimate of drug-likeness (QED) is 0.767. The van der Waals surface area contributed by atoms with Crippen LogP contribution in [0.1, 0.15) is 32.1 Å². The van der Waals surface area contributed by atoms with Crippen molar-refractivity contribution in [3.05, 3.63) is 11.1 Å². The van der Waals surface area contributed by atoms with Crippen molar-refractivity contribution in [2.45, 2.75) is 33.6 Å². The van der Waals surface area contributed by atoms with Crippen LogP contribution < -0.4 is 5.73 Å². The van der Waals surface area contributed by atoms with Crippen LogP contribution in [-0.4, -0.2) is 4.98 Å². The molecule has 0 bridgehead atoms. The molecule has 68 valence electrons. The fourth-order valence-corrected chi connectivity index (χ4v) is 1.62. The maximum atomic E-state index is 5.53. The molecule has 1 aromatic rings. The topological polar surface area (TPSA) is 38.9 Å². The van der Waals surface area contributed by atoms with E-state index in [9.17, 15) is 0 Å². The molecule has 0 unspecified atom stereocenters. The number of nitrogen functional groups attached to an aromatic ring is 1. The number of nitrogens with zero attached hydrogens (tertiary/aromatic N) is 1. The Morgan fingerprint density at radius 1 is 1.50 bits per heavy atom. The third-order valence-corrected chi connectivity index (χ3v) is 2.58. The van der Waals surface area contributed by atoms with Crippen LogP contribution in [0, 0.1) is 5.41 Å². The van der Waals surface area contributed by atoms with Gasteiger partial charge in [-0.05, 0) is 18.3 Å². The molecule has 0 aliphatic heterocycles. The summed E-state index contributed by atoms with van der Waals surface area (Å²) in [4.78, 5) is 5.31. The fraction of sp³-hybridized carbons (Fsp3) is 0.667. The summed E-state index contributed by atoms with van der Waals surface area (Å²) in [7, 11) is 0. The van der Waals surface area contributed by atoms with Crippen molar-refractivity contribution in [2.75, 3.05) is 5.73 Å². The molecule has 2 nitrogen and oxygen atoms in total. The van der Waals surface area contributed by atoms with Gasteiger partial charge in [0.25, 0.3) is 0 Å². The largest absolute Gasteiger partial charge is 0.375 e. The van der Waals surface area contributed by atoms with Gasteiger partial charge >= 0.3 is 0 Å². The maximum absolute atomic E-state index is 5.53. The highest BCUT2D eigenvalue weighted by Gasteiger charge is 2.10. The van der Waals surface area contributed by atoms with Gasteiger partial charge in [0.1, 0.15) is 0 Å². The van der Waals surface area contributed by atoms with E-state index in [1.165, 1.54) is 11.3 Å². The van der Waals surface area contributed by atoms with Crippen LogP contribution in [0.15, 0.2) is 6.20 Å². The first-order valence-corrected chi connectivity index (χ1v) is 4.99. The maximum Gasteiger partial charge on any atom is 0.180 e. The predicted octanol–water partition coefficient (Wildman–Crippen LogP) is 2.70. The van der Waals surface area contributed by atoms with E-state index in [0.29, 0.717) is 10.5 Å². The Kier molecular flexibility index (Phi) is 2.73. The lowest BCUT2D eigenvalue weighted by Crippen LogP contribution is -2.05. The van der Waals surface area contributed by atoms with Crippen molar-refractivity contribution >= 4 is 16.5 Å². The molecule has 0 amide bonds. The summed E-state index contributed by atoms with van der Waals surface area (Å²) in [6.45, 7) is 6.74. The van der Waals surface area contributed by atoms with Crippen molar-refractivity contribution in [1.29, 1.82) is 0 Å². The number of thiazole rings is 1. The zero-order valence-corrected chi connectivity index (χ0v) is 8.74. The lowest BCUT2D eigenvalue weighted by atomic mass is 9.90. The number of hydrogen-bond acceptors (Lipinski definition) is 3. The summed E-state index contributed by atoms with van der Waals surface area (Å²) in [5.74, 6) is 0. The first-order chi connectivity index (χ1) is 5.47. The smallest absolute Gasteiger partial charge is 0.180 e. The first-order valence-electron chi connectivity index (χ1n) is 4.17. The third kappa shape index (κ3) is 3.22. The number of aromatic nitrogens is 1. The minimum absolute atomic E-state index is 0.402. The molecule has 0 radical (unpaired) electrons. The molecule has 2 N–H and O–H groups in total. The van der Waals surface area contributed by atoms with Crippen molar-refractivity contribution in [1.82, 2.24) is 4.98 Å². The Morgan fingerprint density at radius 3 is 2.58 bits per heavy atom. The molecular weight excluding hydrogens is 168 g/mol. The van der Waals surface area contributed by atoms with Crippen molar-refractivity contribution in [3.63, 3.8) is 0 Å². The average Bonchev–Trinajstić information content (AvgIpc) is 2.30. The molecule has 0 aromatic carbocycles. The Morgan fingerprint density at radius 2 is 2.17 bits per heavy atom. The van der Waals surface area contributed by atoms with Crippen LogP contribution >= 0.6 is 11.3 Å². The van der Waals surface area contributed by atoms with Gasteiger partial charge in [-0.2, -0.15) is 0 Å². The highest BCUT2D eigenvalue weighted by Crippen LogP contribution is 2.24. The normalized spacial score (nSPS) is 11.9. The summed E-state index contributed by atoms with van der Waals surface area (Å²) in [6, 6.07) is 0. The molecule has 0 saturated heterocycles. The van der Waals surface area contributed by atoms with Gasteiger partial charge in [0.2, 0.25) is 0 Å². The second-order valence-corrected chi connectivity index (χ2v) is 5.37. The molecule has 0 saturated carbocycles. The van der Waals surface area contributed by atoms with E-state index in [1.807, 2.05) is 6.20 Å². The van der Waals surface area contributed by atoms with Crippen molar-refractivity contribution < 1.29 is 0 Å². The van der Waals surface area contributed by atoms with Crippen LogP contribution in [0.2, 0.25) is 0 Å². The van der Waals surface area contributed by atoms with Gasteiger partial charge in [0.15, 0.2) is 5.13 Å². The van der Waals surface area contributed by atoms with E-state index in [-0.39, 0.29) is 0 Å². The van der Waals surface area contributed by atoms with Crippen molar-refractivity contribution in [2.24, 2.45) is 5.41 Å². The van der Waals surface area contributed by atoms with E-state index < -0.39 is 0 Å². The van der Waals surface area contributed by atoms with E-state index in [2.05, 4.69) is 25.8 Å². The first kappa shape index (κ1) is 9.52. The number of rotatable bonds is 2. The Labute approximate surface area is 77.8 Å². The summed E-state index contributed by atoms with van der Waals surface area (Å²) in [5, 5.41) is 0.680. The Hall–Kier alpha value is -0.570. The molecule has 0 fully saturated rings. The van der Waals surface area contributed by atoms with Gasteiger partial charge in [0.05, 0.1) is 0 Å². The molecular formula is C9H16N2S. The molecule has 0 aliphatic carbocycles. The summed E-state index contributed by atoms with van der Waals surface area (Å²) in [6.07, 6.45) is 4.17. The summed E-state index contributed by atoms with van der Waals surface area (Å²) < 4.78 is 0. The highest BCUT2D eigenvalue weighted by molar-refractivity contribution is 7.15. The minimum Gasteiger partial charge on any atom is -0.375 e. The standard InChI is InChI=1S/C9H16N2S/c1-9(2,3)5-4-7-6-11-8(10)12-7/h6H,4-5H2,1-3H3,(H2,10,11). The number of anilines is 1.